The van der Waals surface area contributed by atoms with Gasteiger partial charge in [0.1, 0.15) is 0 Å². The Hall–Kier alpha value is -5.60. The molecule has 0 fully saturated rings. The van der Waals surface area contributed by atoms with Gasteiger partial charge in [0.05, 0.1) is 17.1 Å². The van der Waals surface area contributed by atoms with Gasteiger partial charge in [-0.15, -0.1) is 0 Å². The lowest BCUT2D eigenvalue weighted by molar-refractivity contribution is 1.23. The van der Waals surface area contributed by atoms with E-state index in [-0.39, 0.29) is 0 Å². The van der Waals surface area contributed by atoms with Crippen LogP contribution in [-0.2, 0) is 0 Å². The average molecular weight is 539 g/mol. The molecule has 0 aromatic heterocycles. The number of rotatable bonds is 7. The van der Waals surface area contributed by atoms with Gasteiger partial charge in [-0.25, -0.2) is 0 Å². The molecular weight excluding hydrogens is 508 g/mol. The first-order valence-electron chi connectivity index (χ1n) is 14.3. The van der Waals surface area contributed by atoms with Gasteiger partial charge >= 0.3 is 0 Å². The quantitative estimate of drug-likeness (QED) is 0.199. The third-order valence-corrected chi connectivity index (χ3v) is 7.61. The zero-order valence-corrected chi connectivity index (χ0v) is 23.2. The molecule has 7 aromatic carbocycles. The minimum absolute atomic E-state index is 1.09. The first-order valence-corrected chi connectivity index (χ1v) is 14.3. The van der Waals surface area contributed by atoms with Crippen molar-refractivity contribution in [3.63, 3.8) is 0 Å². The van der Waals surface area contributed by atoms with E-state index >= 15 is 0 Å². The SMILES string of the molecule is c1ccc(N(c2ccccc2)c2ccccc2N(c2ccccc2)c2ccccc2-c2ccc3ccccc3c2)cc1. The summed E-state index contributed by atoms with van der Waals surface area (Å²) in [6.07, 6.45) is 0. The van der Waals surface area contributed by atoms with E-state index in [2.05, 4.69) is 192 Å². The van der Waals surface area contributed by atoms with E-state index in [1.54, 1.807) is 0 Å². The molecule has 0 atom stereocenters. The van der Waals surface area contributed by atoms with Crippen LogP contribution in [0.5, 0.6) is 0 Å². The van der Waals surface area contributed by atoms with Crippen molar-refractivity contribution in [2.45, 2.75) is 0 Å². The van der Waals surface area contributed by atoms with Crippen molar-refractivity contribution >= 4 is 44.9 Å². The summed E-state index contributed by atoms with van der Waals surface area (Å²) in [4.78, 5) is 4.72. The Kier molecular flexibility index (Phi) is 6.94. The monoisotopic (exact) mass is 538 g/mol. The molecule has 7 rings (SSSR count). The fourth-order valence-electron chi connectivity index (χ4n) is 5.68. The Labute approximate surface area is 247 Å². The fourth-order valence-corrected chi connectivity index (χ4v) is 5.68. The number of hydrogen-bond donors (Lipinski definition) is 0. The van der Waals surface area contributed by atoms with Crippen molar-refractivity contribution in [1.29, 1.82) is 0 Å². The lowest BCUT2D eigenvalue weighted by Gasteiger charge is -2.34. The molecule has 2 nitrogen and oxygen atoms in total. The van der Waals surface area contributed by atoms with Crippen molar-refractivity contribution < 1.29 is 0 Å². The summed E-state index contributed by atoms with van der Waals surface area (Å²) in [6, 6.07) is 64.5. The Balaban J connectivity index is 1.47. The van der Waals surface area contributed by atoms with Gasteiger partial charge in [0.15, 0.2) is 0 Å². The van der Waals surface area contributed by atoms with Crippen LogP contribution >= 0.6 is 0 Å². The maximum absolute atomic E-state index is 2.39. The number of fused-ring (bicyclic) bond motifs is 1. The van der Waals surface area contributed by atoms with Crippen molar-refractivity contribution in [3.8, 4) is 11.1 Å². The number of para-hydroxylation sites is 6. The molecule has 0 aliphatic rings. The van der Waals surface area contributed by atoms with Gasteiger partial charge < -0.3 is 9.80 Å². The minimum atomic E-state index is 1.09. The summed E-state index contributed by atoms with van der Waals surface area (Å²) in [6.45, 7) is 0. The van der Waals surface area contributed by atoms with E-state index in [4.69, 9.17) is 0 Å². The van der Waals surface area contributed by atoms with E-state index in [1.807, 2.05) is 0 Å². The molecule has 0 bridgehead atoms. The molecule has 0 spiro atoms. The van der Waals surface area contributed by atoms with Crippen molar-refractivity contribution in [2.24, 2.45) is 0 Å². The van der Waals surface area contributed by atoms with Crippen LogP contribution in [0.25, 0.3) is 21.9 Å². The zero-order chi connectivity index (χ0) is 28.1. The third-order valence-electron chi connectivity index (χ3n) is 7.61. The lowest BCUT2D eigenvalue weighted by atomic mass is 9.98. The Bertz CT molecular complexity index is 1890. The maximum atomic E-state index is 2.39. The number of anilines is 6. The third kappa shape index (κ3) is 4.91. The molecule has 42 heavy (non-hydrogen) atoms. The van der Waals surface area contributed by atoms with Gasteiger partial charge in [-0.2, -0.15) is 0 Å². The molecular formula is C40H30N2. The molecule has 0 N–H and O–H groups in total. The minimum Gasteiger partial charge on any atom is -0.308 e. The predicted octanol–water partition coefficient (Wildman–Crippen LogP) is 11.4. The zero-order valence-electron chi connectivity index (χ0n) is 23.2. The van der Waals surface area contributed by atoms with Crippen LogP contribution in [0.15, 0.2) is 182 Å². The van der Waals surface area contributed by atoms with E-state index in [1.165, 1.54) is 21.9 Å². The van der Waals surface area contributed by atoms with Crippen LogP contribution in [0, 0.1) is 0 Å². The van der Waals surface area contributed by atoms with Crippen molar-refractivity contribution in [2.75, 3.05) is 9.80 Å². The molecule has 0 saturated heterocycles. The van der Waals surface area contributed by atoms with Crippen LogP contribution in [0.3, 0.4) is 0 Å². The van der Waals surface area contributed by atoms with Gasteiger partial charge in [0, 0.05) is 22.6 Å². The van der Waals surface area contributed by atoms with Gasteiger partial charge in [-0.05, 0) is 77.0 Å². The first kappa shape index (κ1) is 25.4. The van der Waals surface area contributed by atoms with Gasteiger partial charge in [0.25, 0.3) is 0 Å². The van der Waals surface area contributed by atoms with Crippen LogP contribution in [0.2, 0.25) is 0 Å². The summed E-state index contributed by atoms with van der Waals surface area (Å²) >= 11 is 0. The summed E-state index contributed by atoms with van der Waals surface area (Å²) in [7, 11) is 0. The van der Waals surface area contributed by atoms with Crippen LogP contribution in [0.1, 0.15) is 0 Å². The molecule has 0 aliphatic heterocycles. The summed E-state index contributed by atoms with van der Waals surface area (Å²) < 4.78 is 0. The maximum Gasteiger partial charge on any atom is 0.0702 e. The number of nitrogens with zero attached hydrogens (tertiary/aromatic N) is 2. The van der Waals surface area contributed by atoms with Crippen molar-refractivity contribution in [3.05, 3.63) is 182 Å². The lowest BCUT2D eigenvalue weighted by Crippen LogP contribution is -2.17. The molecule has 0 unspecified atom stereocenters. The number of hydrogen-bond acceptors (Lipinski definition) is 2. The standard InChI is InChI=1S/C40H30N2/c1-4-18-34(19-5-1)41(35-20-6-2-7-21-35)39-26-14-15-27-40(39)42(36-22-8-3-9-23-36)38-25-13-12-24-37(38)33-29-28-31-16-10-11-17-32(31)30-33/h1-30H. The topological polar surface area (TPSA) is 6.48 Å². The Morgan fingerprint density at radius 2 is 0.714 bits per heavy atom. The average Bonchev–Trinajstić information content (AvgIpc) is 3.07. The van der Waals surface area contributed by atoms with E-state index in [9.17, 15) is 0 Å². The molecule has 0 heterocycles. The summed E-state index contributed by atoms with van der Waals surface area (Å²) in [5, 5.41) is 2.47. The van der Waals surface area contributed by atoms with Gasteiger partial charge in [0.2, 0.25) is 0 Å². The van der Waals surface area contributed by atoms with Gasteiger partial charge in [-0.3, -0.25) is 0 Å². The van der Waals surface area contributed by atoms with E-state index in [0.717, 1.165) is 34.1 Å². The summed E-state index contributed by atoms with van der Waals surface area (Å²) in [5.74, 6) is 0. The van der Waals surface area contributed by atoms with E-state index < -0.39 is 0 Å². The van der Waals surface area contributed by atoms with Crippen LogP contribution in [-0.4, -0.2) is 0 Å². The predicted molar refractivity (Wildman–Crippen MR) is 179 cm³/mol. The molecule has 0 saturated carbocycles. The largest absolute Gasteiger partial charge is 0.308 e. The van der Waals surface area contributed by atoms with Crippen molar-refractivity contribution in [1.82, 2.24) is 0 Å². The first-order chi connectivity index (χ1) is 20.9. The second-order valence-electron chi connectivity index (χ2n) is 10.2. The van der Waals surface area contributed by atoms with E-state index in [0.29, 0.717) is 0 Å². The van der Waals surface area contributed by atoms with Crippen LogP contribution < -0.4 is 9.80 Å². The second kappa shape index (κ2) is 11.5. The van der Waals surface area contributed by atoms with Crippen LogP contribution in [0.4, 0.5) is 34.1 Å². The highest BCUT2D eigenvalue weighted by Crippen LogP contribution is 2.47. The van der Waals surface area contributed by atoms with Gasteiger partial charge in [-0.1, -0.05) is 121 Å². The normalized spacial score (nSPS) is 10.9. The molecule has 0 radical (unpaired) electrons. The highest BCUT2D eigenvalue weighted by Gasteiger charge is 2.23. The summed E-state index contributed by atoms with van der Waals surface area (Å²) in [5.41, 5.74) is 8.96. The molecule has 0 aliphatic carbocycles. The molecule has 2 heteroatoms. The Morgan fingerprint density at radius 3 is 1.31 bits per heavy atom. The smallest absolute Gasteiger partial charge is 0.0702 e. The molecule has 200 valence electrons. The molecule has 0 amide bonds. The second-order valence-corrected chi connectivity index (χ2v) is 10.2. The Morgan fingerprint density at radius 1 is 0.286 bits per heavy atom. The molecule has 7 aromatic rings. The highest BCUT2D eigenvalue weighted by molar-refractivity contribution is 5.96. The number of benzene rings is 7. The fraction of sp³-hybridized carbons (Fsp3) is 0. The highest BCUT2D eigenvalue weighted by atomic mass is 15.2.